The molecule has 1 aliphatic rings. The predicted octanol–water partition coefficient (Wildman–Crippen LogP) is 2.86. The Balaban J connectivity index is 1.91. The van der Waals surface area contributed by atoms with Crippen molar-refractivity contribution in [2.45, 2.75) is 19.6 Å². The SMILES string of the molecule is CC1(C)OCCN1C(=O)OC=Cc1ccccc1. The number of rotatable bonds is 2. The molecule has 18 heavy (non-hydrogen) atoms. The fourth-order valence-corrected chi connectivity index (χ4v) is 1.84. The van der Waals surface area contributed by atoms with Gasteiger partial charge in [-0.3, -0.25) is 4.90 Å². The van der Waals surface area contributed by atoms with Crippen molar-refractivity contribution in [3.63, 3.8) is 0 Å². The maximum Gasteiger partial charge on any atom is 0.416 e. The first kappa shape index (κ1) is 12.6. The lowest BCUT2D eigenvalue weighted by atomic mass is 10.2. The van der Waals surface area contributed by atoms with Gasteiger partial charge in [-0.15, -0.1) is 0 Å². The number of benzene rings is 1. The summed E-state index contributed by atoms with van der Waals surface area (Å²) < 4.78 is 10.5. The highest BCUT2D eigenvalue weighted by molar-refractivity contribution is 5.70. The van der Waals surface area contributed by atoms with E-state index in [0.29, 0.717) is 13.2 Å². The third-order valence-electron chi connectivity index (χ3n) is 2.87. The standard InChI is InChI=1S/C14H17NO3/c1-14(2)15(9-11-18-14)13(16)17-10-8-12-6-4-3-5-7-12/h3-8,10H,9,11H2,1-2H3. The Morgan fingerprint density at radius 3 is 2.72 bits per heavy atom. The van der Waals surface area contributed by atoms with E-state index in [1.54, 1.807) is 11.0 Å². The summed E-state index contributed by atoms with van der Waals surface area (Å²) in [7, 11) is 0. The molecule has 96 valence electrons. The quantitative estimate of drug-likeness (QED) is 0.754. The average molecular weight is 247 g/mol. The fourth-order valence-electron chi connectivity index (χ4n) is 1.84. The molecule has 0 unspecified atom stereocenters. The van der Waals surface area contributed by atoms with E-state index in [9.17, 15) is 4.79 Å². The second-order valence-electron chi connectivity index (χ2n) is 4.54. The van der Waals surface area contributed by atoms with E-state index in [1.807, 2.05) is 44.2 Å². The Labute approximate surface area is 107 Å². The van der Waals surface area contributed by atoms with Gasteiger partial charge < -0.3 is 9.47 Å². The molecule has 1 aromatic rings. The van der Waals surface area contributed by atoms with E-state index in [1.165, 1.54) is 6.26 Å². The molecule has 0 radical (unpaired) electrons. The first-order valence-corrected chi connectivity index (χ1v) is 5.93. The second kappa shape index (κ2) is 5.23. The molecule has 0 saturated carbocycles. The lowest BCUT2D eigenvalue weighted by Gasteiger charge is -2.28. The van der Waals surface area contributed by atoms with Gasteiger partial charge in [0, 0.05) is 0 Å². The molecule has 1 heterocycles. The Morgan fingerprint density at radius 1 is 1.39 bits per heavy atom. The van der Waals surface area contributed by atoms with Gasteiger partial charge in [-0.05, 0) is 25.5 Å². The van der Waals surface area contributed by atoms with Crippen molar-refractivity contribution in [3.8, 4) is 0 Å². The molecule has 0 aliphatic carbocycles. The van der Waals surface area contributed by atoms with Crippen LogP contribution in [0.3, 0.4) is 0 Å². The van der Waals surface area contributed by atoms with Gasteiger partial charge in [-0.1, -0.05) is 30.3 Å². The minimum absolute atomic E-state index is 0.385. The zero-order valence-electron chi connectivity index (χ0n) is 10.6. The number of ether oxygens (including phenoxy) is 2. The van der Waals surface area contributed by atoms with Crippen LogP contribution in [0.25, 0.3) is 6.08 Å². The van der Waals surface area contributed by atoms with Crippen LogP contribution in [-0.2, 0) is 9.47 Å². The van der Waals surface area contributed by atoms with E-state index in [2.05, 4.69) is 0 Å². The molecular weight excluding hydrogens is 230 g/mol. The largest absolute Gasteiger partial charge is 0.418 e. The average Bonchev–Trinajstić information content (AvgIpc) is 2.70. The Morgan fingerprint density at radius 2 is 2.11 bits per heavy atom. The molecule has 0 spiro atoms. The van der Waals surface area contributed by atoms with Crippen LogP contribution in [0, 0.1) is 0 Å². The van der Waals surface area contributed by atoms with Gasteiger partial charge in [-0.2, -0.15) is 0 Å². The van der Waals surface area contributed by atoms with Gasteiger partial charge in [-0.25, -0.2) is 4.79 Å². The number of hydrogen-bond donors (Lipinski definition) is 0. The second-order valence-corrected chi connectivity index (χ2v) is 4.54. The summed E-state index contributed by atoms with van der Waals surface area (Å²) >= 11 is 0. The van der Waals surface area contributed by atoms with Crippen molar-refractivity contribution >= 4 is 12.2 Å². The van der Waals surface area contributed by atoms with Crippen molar-refractivity contribution in [1.82, 2.24) is 4.90 Å². The van der Waals surface area contributed by atoms with E-state index in [4.69, 9.17) is 9.47 Å². The highest BCUT2D eigenvalue weighted by Crippen LogP contribution is 2.22. The molecule has 4 heteroatoms. The minimum Gasteiger partial charge on any atom is -0.418 e. The maximum absolute atomic E-state index is 11.8. The topological polar surface area (TPSA) is 38.8 Å². The van der Waals surface area contributed by atoms with Crippen LogP contribution in [-0.4, -0.2) is 29.9 Å². The van der Waals surface area contributed by atoms with E-state index in [0.717, 1.165) is 5.56 Å². The molecule has 0 atom stereocenters. The molecule has 0 bridgehead atoms. The number of carbonyl (C=O) groups excluding carboxylic acids is 1. The molecule has 1 amide bonds. The summed E-state index contributed by atoms with van der Waals surface area (Å²) in [4.78, 5) is 13.4. The Kier molecular flexibility index (Phi) is 3.67. The zero-order valence-corrected chi connectivity index (χ0v) is 10.6. The molecular formula is C14H17NO3. The summed E-state index contributed by atoms with van der Waals surface area (Å²) in [6, 6.07) is 9.67. The third kappa shape index (κ3) is 2.90. The van der Waals surface area contributed by atoms with Crippen molar-refractivity contribution in [2.75, 3.05) is 13.2 Å². The smallest absolute Gasteiger partial charge is 0.416 e. The van der Waals surface area contributed by atoms with Crippen molar-refractivity contribution in [2.24, 2.45) is 0 Å². The van der Waals surface area contributed by atoms with Gasteiger partial charge in [0.15, 0.2) is 0 Å². The summed E-state index contributed by atoms with van der Waals surface area (Å²) in [5.74, 6) is 0. The van der Waals surface area contributed by atoms with Crippen LogP contribution in [0.5, 0.6) is 0 Å². The molecule has 4 nitrogen and oxygen atoms in total. The normalized spacial score (nSPS) is 18.2. The fraction of sp³-hybridized carbons (Fsp3) is 0.357. The Bertz CT molecular complexity index is 440. The van der Waals surface area contributed by atoms with Gasteiger partial charge >= 0.3 is 6.09 Å². The molecule has 1 aliphatic heterocycles. The third-order valence-corrected chi connectivity index (χ3v) is 2.87. The molecule has 0 aromatic heterocycles. The first-order chi connectivity index (χ1) is 8.59. The predicted molar refractivity (Wildman–Crippen MR) is 68.7 cm³/mol. The zero-order chi connectivity index (χ0) is 13.0. The molecule has 0 N–H and O–H groups in total. The van der Waals surface area contributed by atoms with Crippen molar-refractivity contribution < 1.29 is 14.3 Å². The molecule has 1 saturated heterocycles. The number of nitrogens with zero attached hydrogens (tertiary/aromatic N) is 1. The van der Waals surface area contributed by atoms with E-state index in [-0.39, 0.29) is 6.09 Å². The van der Waals surface area contributed by atoms with E-state index >= 15 is 0 Å². The number of hydrogen-bond acceptors (Lipinski definition) is 3. The molecule has 2 rings (SSSR count). The van der Waals surface area contributed by atoms with Gasteiger partial charge in [0.25, 0.3) is 0 Å². The number of amides is 1. The van der Waals surface area contributed by atoms with Crippen LogP contribution in [0.15, 0.2) is 36.6 Å². The monoisotopic (exact) mass is 247 g/mol. The van der Waals surface area contributed by atoms with Crippen LogP contribution in [0.4, 0.5) is 4.79 Å². The highest BCUT2D eigenvalue weighted by Gasteiger charge is 2.37. The van der Waals surface area contributed by atoms with E-state index < -0.39 is 5.72 Å². The van der Waals surface area contributed by atoms with Gasteiger partial charge in [0.05, 0.1) is 19.4 Å². The van der Waals surface area contributed by atoms with Crippen LogP contribution in [0.1, 0.15) is 19.4 Å². The summed E-state index contributed by atoms with van der Waals surface area (Å²) in [6.07, 6.45) is 2.78. The molecule has 1 fully saturated rings. The van der Waals surface area contributed by atoms with Gasteiger partial charge in [0.2, 0.25) is 0 Å². The minimum atomic E-state index is -0.586. The summed E-state index contributed by atoms with van der Waals surface area (Å²) in [5.41, 5.74) is 0.403. The summed E-state index contributed by atoms with van der Waals surface area (Å²) in [5, 5.41) is 0. The lowest BCUT2D eigenvalue weighted by Crippen LogP contribution is -2.43. The van der Waals surface area contributed by atoms with Crippen molar-refractivity contribution in [1.29, 1.82) is 0 Å². The van der Waals surface area contributed by atoms with Gasteiger partial charge in [0.1, 0.15) is 5.72 Å². The molecule has 1 aromatic carbocycles. The van der Waals surface area contributed by atoms with Crippen LogP contribution >= 0.6 is 0 Å². The van der Waals surface area contributed by atoms with Crippen molar-refractivity contribution in [3.05, 3.63) is 42.2 Å². The van der Waals surface area contributed by atoms with Crippen LogP contribution < -0.4 is 0 Å². The first-order valence-electron chi connectivity index (χ1n) is 5.93. The number of carbonyl (C=O) groups is 1. The highest BCUT2D eigenvalue weighted by atomic mass is 16.6. The lowest BCUT2D eigenvalue weighted by molar-refractivity contribution is -0.0403. The maximum atomic E-state index is 11.8. The Hall–Kier alpha value is -1.81. The summed E-state index contributed by atoms with van der Waals surface area (Å²) in [6.45, 7) is 4.81. The van der Waals surface area contributed by atoms with Crippen LogP contribution in [0.2, 0.25) is 0 Å².